The van der Waals surface area contributed by atoms with Crippen molar-refractivity contribution in [1.29, 1.82) is 0 Å². The lowest BCUT2D eigenvalue weighted by Crippen LogP contribution is -2.59. The highest BCUT2D eigenvalue weighted by Crippen LogP contribution is 2.50. The fraction of sp³-hybridized carbons (Fsp3) is 0.391. The molecule has 2 aromatic carbocycles. The van der Waals surface area contributed by atoms with Gasteiger partial charge in [0, 0.05) is 42.4 Å². The van der Waals surface area contributed by atoms with Gasteiger partial charge in [-0.05, 0) is 55.0 Å². The van der Waals surface area contributed by atoms with Crippen LogP contribution < -0.4 is 4.74 Å². The Morgan fingerprint density at radius 1 is 1.26 bits per heavy atom. The van der Waals surface area contributed by atoms with Crippen LogP contribution in [0.1, 0.15) is 43.4 Å². The highest BCUT2D eigenvalue weighted by Gasteiger charge is 2.52. The molecular weight excluding hydrogens is 462 g/mol. The highest BCUT2D eigenvalue weighted by atomic mass is 79.9. The van der Waals surface area contributed by atoms with Crippen molar-refractivity contribution in [2.24, 2.45) is 5.10 Å². The number of hydrogen-bond acceptors (Lipinski definition) is 6. The number of likely N-dealkylation sites (tertiary alicyclic amines) is 1. The van der Waals surface area contributed by atoms with Crippen LogP contribution in [0.4, 0.5) is 4.79 Å². The third-order valence-corrected chi connectivity index (χ3v) is 6.72. The smallest absolute Gasteiger partial charge is 0.409 e. The first-order valence-electron chi connectivity index (χ1n) is 10.6. The number of piperidine rings is 1. The molecule has 0 saturated carbocycles. The van der Waals surface area contributed by atoms with Crippen LogP contribution in [-0.2, 0) is 4.74 Å². The Balaban J connectivity index is 1.49. The number of aromatic hydroxyl groups is 1. The molecule has 1 fully saturated rings. The second-order valence-electron chi connectivity index (χ2n) is 8.07. The van der Waals surface area contributed by atoms with Gasteiger partial charge in [-0.3, -0.25) is 0 Å². The predicted molar refractivity (Wildman–Crippen MR) is 119 cm³/mol. The number of halogens is 1. The van der Waals surface area contributed by atoms with Gasteiger partial charge in [-0.1, -0.05) is 15.9 Å². The van der Waals surface area contributed by atoms with Crippen LogP contribution in [0.2, 0.25) is 0 Å². The Morgan fingerprint density at radius 3 is 2.71 bits per heavy atom. The molecule has 162 valence electrons. The molecule has 31 heavy (non-hydrogen) atoms. The maximum atomic E-state index is 12.2. The summed E-state index contributed by atoms with van der Waals surface area (Å²) in [7, 11) is 0. The summed E-state index contributed by atoms with van der Waals surface area (Å²) >= 11 is 3.58. The lowest BCUT2D eigenvalue weighted by molar-refractivity contribution is -0.147. The number of hydrogen-bond donors (Lipinski definition) is 1. The molecule has 0 unspecified atom stereocenters. The van der Waals surface area contributed by atoms with E-state index in [1.165, 1.54) is 0 Å². The number of hydrazone groups is 1. The number of phenols is 1. The molecule has 1 amide bonds. The first-order valence-corrected chi connectivity index (χ1v) is 11.3. The average molecular weight is 486 g/mol. The number of nitrogens with zero attached hydrogens (tertiary/aromatic N) is 3. The molecule has 3 aliphatic rings. The van der Waals surface area contributed by atoms with E-state index >= 15 is 0 Å². The number of phenolic OH excluding ortho intramolecular Hbond substituents is 1. The third-order valence-electron chi connectivity index (χ3n) is 6.23. The molecule has 7 nitrogen and oxygen atoms in total. The number of fused-ring (bicyclic) bond motifs is 4. The summed E-state index contributed by atoms with van der Waals surface area (Å²) in [6.07, 6.45) is 1.76. The predicted octanol–water partition coefficient (Wildman–Crippen LogP) is 4.65. The van der Waals surface area contributed by atoms with Gasteiger partial charge in [0.15, 0.2) is 0 Å². The number of benzene rings is 2. The Morgan fingerprint density at radius 2 is 2.00 bits per heavy atom. The van der Waals surface area contributed by atoms with Crippen LogP contribution in [0, 0.1) is 0 Å². The fourth-order valence-electron chi connectivity index (χ4n) is 4.67. The van der Waals surface area contributed by atoms with Gasteiger partial charge in [0.1, 0.15) is 11.5 Å². The first kappa shape index (κ1) is 20.2. The number of ether oxygens (including phenoxy) is 2. The molecule has 8 heteroatoms. The van der Waals surface area contributed by atoms with Crippen molar-refractivity contribution in [2.75, 3.05) is 19.7 Å². The SMILES string of the molecule is CCOC(=O)N1CCC2(CC1)Oc1ccc(Br)cc1[C@H]1CC(c3ccc(O)cc3)=NN12. The van der Waals surface area contributed by atoms with Gasteiger partial charge in [-0.15, -0.1) is 0 Å². The number of carbonyl (C=O) groups excluding carboxylic acids is 1. The summed E-state index contributed by atoms with van der Waals surface area (Å²) < 4.78 is 12.8. The quantitative estimate of drug-likeness (QED) is 0.669. The summed E-state index contributed by atoms with van der Waals surface area (Å²) in [5.74, 6) is 1.11. The lowest BCUT2D eigenvalue weighted by atomic mass is 9.91. The van der Waals surface area contributed by atoms with Gasteiger partial charge in [0.05, 0.1) is 18.4 Å². The van der Waals surface area contributed by atoms with E-state index in [-0.39, 0.29) is 17.9 Å². The van der Waals surface area contributed by atoms with Crippen molar-refractivity contribution in [2.45, 2.75) is 38.0 Å². The molecule has 0 aliphatic carbocycles. The maximum Gasteiger partial charge on any atom is 0.409 e. The highest BCUT2D eigenvalue weighted by molar-refractivity contribution is 9.10. The molecule has 5 rings (SSSR count). The van der Waals surface area contributed by atoms with Crippen LogP contribution in [0.5, 0.6) is 11.5 Å². The molecule has 1 N–H and O–H groups in total. The van der Waals surface area contributed by atoms with Gasteiger partial charge < -0.3 is 19.5 Å². The molecule has 0 bridgehead atoms. The molecule has 1 atom stereocenters. The van der Waals surface area contributed by atoms with E-state index in [0.29, 0.717) is 32.5 Å². The molecular formula is C23H24BrN3O4. The minimum absolute atomic E-state index is 0.0548. The van der Waals surface area contributed by atoms with Crippen LogP contribution >= 0.6 is 15.9 Å². The zero-order chi connectivity index (χ0) is 21.6. The van der Waals surface area contributed by atoms with E-state index in [4.69, 9.17) is 14.6 Å². The molecule has 0 radical (unpaired) electrons. The van der Waals surface area contributed by atoms with Crippen molar-refractivity contribution in [1.82, 2.24) is 9.91 Å². The van der Waals surface area contributed by atoms with E-state index in [9.17, 15) is 9.90 Å². The Bertz CT molecular complexity index is 1030. The van der Waals surface area contributed by atoms with Gasteiger partial charge in [-0.25, -0.2) is 9.80 Å². The van der Waals surface area contributed by atoms with Crippen LogP contribution in [0.3, 0.4) is 0 Å². The number of amides is 1. The van der Waals surface area contributed by atoms with E-state index < -0.39 is 5.72 Å². The monoisotopic (exact) mass is 485 g/mol. The minimum atomic E-state index is -0.604. The molecule has 3 heterocycles. The summed E-state index contributed by atoms with van der Waals surface area (Å²) in [5, 5.41) is 16.8. The second-order valence-corrected chi connectivity index (χ2v) is 8.99. The molecule has 1 saturated heterocycles. The summed E-state index contributed by atoms with van der Waals surface area (Å²) in [4.78, 5) is 13.9. The van der Waals surface area contributed by atoms with E-state index in [1.807, 2.05) is 31.2 Å². The van der Waals surface area contributed by atoms with Gasteiger partial charge >= 0.3 is 6.09 Å². The van der Waals surface area contributed by atoms with E-state index in [2.05, 4.69) is 27.0 Å². The number of carbonyl (C=O) groups is 1. The van der Waals surface area contributed by atoms with Crippen molar-refractivity contribution < 1.29 is 19.4 Å². The van der Waals surface area contributed by atoms with E-state index in [1.54, 1.807) is 17.0 Å². The van der Waals surface area contributed by atoms with Gasteiger partial charge in [0.2, 0.25) is 5.72 Å². The van der Waals surface area contributed by atoms with Gasteiger partial charge in [0.25, 0.3) is 0 Å². The Labute approximate surface area is 189 Å². The molecule has 3 aliphatic heterocycles. The first-order chi connectivity index (χ1) is 15.0. The summed E-state index contributed by atoms with van der Waals surface area (Å²) in [6.45, 7) is 3.29. The molecule has 2 aromatic rings. The van der Waals surface area contributed by atoms with Gasteiger partial charge in [-0.2, -0.15) is 5.10 Å². The largest absolute Gasteiger partial charge is 0.508 e. The second kappa shape index (κ2) is 7.75. The van der Waals surface area contributed by atoms with Crippen molar-refractivity contribution in [3.8, 4) is 11.5 Å². The number of rotatable bonds is 2. The maximum absolute atomic E-state index is 12.2. The van der Waals surface area contributed by atoms with Crippen molar-refractivity contribution in [3.05, 3.63) is 58.1 Å². The zero-order valence-electron chi connectivity index (χ0n) is 17.3. The van der Waals surface area contributed by atoms with Crippen molar-refractivity contribution >= 4 is 27.7 Å². The molecule has 1 spiro atoms. The Hall–Kier alpha value is -2.74. The van der Waals surface area contributed by atoms with Crippen LogP contribution in [0.15, 0.2) is 52.0 Å². The summed E-state index contributed by atoms with van der Waals surface area (Å²) in [6, 6.07) is 13.3. The Kier molecular flexibility index (Phi) is 5.04. The lowest BCUT2D eigenvalue weighted by Gasteiger charge is -2.51. The fourth-order valence-corrected chi connectivity index (χ4v) is 5.04. The zero-order valence-corrected chi connectivity index (χ0v) is 18.8. The minimum Gasteiger partial charge on any atom is -0.508 e. The standard InChI is InChI=1S/C23H24BrN3O4/c1-2-30-22(29)26-11-9-23(10-12-26)27-20(18-13-16(24)5-8-21(18)31-23)14-19(25-27)15-3-6-17(28)7-4-15/h3-8,13,20,28H,2,9-12,14H2,1H3/t20-/m1/s1. The van der Waals surface area contributed by atoms with E-state index in [0.717, 1.165) is 33.5 Å². The normalized spacial score (nSPS) is 21.2. The van der Waals surface area contributed by atoms with Crippen LogP contribution in [0.25, 0.3) is 0 Å². The average Bonchev–Trinajstić information content (AvgIpc) is 3.23. The van der Waals surface area contributed by atoms with Crippen LogP contribution in [-0.4, -0.2) is 52.2 Å². The van der Waals surface area contributed by atoms with Crippen molar-refractivity contribution in [3.63, 3.8) is 0 Å². The topological polar surface area (TPSA) is 74.6 Å². The third kappa shape index (κ3) is 3.52. The molecule has 0 aromatic heterocycles. The summed E-state index contributed by atoms with van der Waals surface area (Å²) in [5.41, 5.74) is 2.45.